The number of unbranched alkanes of at least 4 members (excludes halogenated alkanes) is 3. The molecule has 17 heavy (non-hydrogen) atoms. The fourth-order valence-electron chi connectivity index (χ4n) is 1.69. The molecule has 0 aromatic heterocycles. The number of sulfone groups is 1. The monoisotopic (exact) mass is 251 g/mol. The van der Waals surface area contributed by atoms with Crippen LogP contribution in [0.5, 0.6) is 0 Å². The van der Waals surface area contributed by atoms with Gasteiger partial charge < -0.3 is 0 Å². The van der Waals surface area contributed by atoms with E-state index in [1.165, 1.54) is 0 Å². The van der Waals surface area contributed by atoms with Crippen molar-refractivity contribution in [2.75, 3.05) is 5.75 Å². The van der Waals surface area contributed by atoms with Gasteiger partial charge in [-0.2, -0.15) is 5.26 Å². The summed E-state index contributed by atoms with van der Waals surface area (Å²) < 4.78 is 24.0. The Balaban J connectivity index is 2.59. The van der Waals surface area contributed by atoms with E-state index in [4.69, 9.17) is 5.26 Å². The largest absolute Gasteiger partial charge is 0.224 e. The van der Waals surface area contributed by atoms with Gasteiger partial charge in [-0.05, 0) is 31.4 Å². The van der Waals surface area contributed by atoms with Crippen molar-refractivity contribution >= 4 is 9.84 Å². The quantitative estimate of drug-likeness (QED) is 0.730. The van der Waals surface area contributed by atoms with Crippen LogP contribution in [0.4, 0.5) is 0 Å². The first-order valence-electron chi connectivity index (χ1n) is 5.73. The van der Waals surface area contributed by atoms with Crippen molar-refractivity contribution < 1.29 is 8.42 Å². The molecular weight excluding hydrogens is 234 g/mol. The van der Waals surface area contributed by atoms with E-state index in [0.717, 1.165) is 18.4 Å². The molecule has 1 rings (SSSR count). The molecule has 0 spiro atoms. The minimum Gasteiger partial charge on any atom is -0.224 e. The zero-order valence-corrected chi connectivity index (χ0v) is 10.8. The highest BCUT2D eigenvalue weighted by molar-refractivity contribution is 7.91. The second kappa shape index (κ2) is 6.41. The zero-order valence-electron chi connectivity index (χ0n) is 10.0. The number of rotatable bonds is 6. The SMILES string of the molecule is Cc1ccccc1S(=O)(=O)CCCCCC#N. The van der Waals surface area contributed by atoms with Crippen molar-refractivity contribution in [3.8, 4) is 6.07 Å². The van der Waals surface area contributed by atoms with Gasteiger partial charge in [-0.15, -0.1) is 0 Å². The molecule has 0 radical (unpaired) electrons. The van der Waals surface area contributed by atoms with Crippen LogP contribution in [0.3, 0.4) is 0 Å². The van der Waals surface area contributed by atoms with Gasteiger partial charge in [0.15, 0.2) is 9.84 Å². The summed E-state index contributed by atoms with van der Waals surface area (Å²) in [4.78, 5) is 0.431. The number of hydrogen-bond acceptors (Lipinski definition) is 3. The second-order valence-electron chi connectivity index (χ2n) is 4.05. The Morgan fingerprint density at radius 2 is 1.88 bits per heavy atom. The van der Waals surface area contributed by atoms with Crippen LogP contribution in [-0.4, -0.2) is 14.2 Å². The minimum atomic E-state index is -3.16. The summed E-state index contributed by atoms with van der Waals surface area (Å²) in [6, 6.07) is 9.10. The van der Waals surface area contributed by atoms with Gasteiger partial charge in [0.1, 0.15) is 0 Å². The van der Waals surface area contributed by atoms with Crippen LogP contribution in [0, 0.1) is 18.3 Å². The molecule has 0 heterocycles. The number of aryl methyl sites for hydroxylation is 1. The molecule has 0 aliphatic carbocycles. The summed E-state index contributed by atoms with van der Waals surface area (Å²) in [5.41, 5.74) is 0.796. The van der Waals surface area contributed by atoms with Crippen LogP contribution in [-0.2, 0) is 9.84 Å². The fourth-order valence-corrected chi connectivity index (χ4v) is 3.34. The van der Waals surface area contributed by atoms with Gasteiger partial charge in [0.25, 0.3) is 0 Å². The van der Waals surface area contributed by atoms with Crippen LogP contribution < -0.4 is 0 Å². The Bertz CT molecular complexity index is 500. The van der Waals surface area contributed by atoms with E-state index in [1.54, 1.807) is 12.1 Å². The summed E-state index contributed by atoms with van der Waals surface area (Å²) in [7, 11) is -3.16. The van der Waals surface area contributed by atoms with Crippen LogP contribution in [0.2, 0.25) is 0 Å². The van der Waals surface area contributed by atoms with Crippen molar-refractivity contribution in [2.24, 2.45) is 0 Å². The third-order valence-corrected chi connectivity index (χ3v) is 4.58. The molecule has 1 aromatic rings. The van der Waals surface area contributed by atoms with Gasteiger partial charge in [-0.1, -0.05) is 24.6 Å². The lowest BCUT2D eigenvalue weighted by Crippen LogP contribution is -2.08. The molecule has 3 nitrogen and oxygen atoms in total. The fraction of sp³-hybridized carbons (Fsp3) is 0.462. The predicted molar refractivity (Wildman–Crippen MR) is 67.3 cm³/mol. The molecule has 0 unspecified atom stereocenters. The summed E-state index contributed by atoms with van der Waals surface area (Å²) in [5.74, 6) is 0.170. The van der Waals surface area contributed by atoms with E-state index in [-0.39, 0.29) is 5.75 Å². The van der Waals surface area contributed by atoms with E-state index >= 15 is 0 Å². The van der Waals surface area contributed by atoms with Gasteiger partial charge in [-0.25, -0.2) is 8.42 Å². The Morgan fingerprint density at radius 1 is 1.18 bits per heavy atom. The van der Waals surface area contributed by atoms with Crippen LogP contribution in [0.1, 0.15) is 31.2 Å². The average molecular weight is 251 g/mol. The Kier molecular flexibility index (Phi) is 5.17. The molecule has 0 bridgehead atoms. The van der Waals surface area contributed by atoms with Gasteiger partial charge in [0.05, 0.1) is 16.7 Å². The molecule has 0 atom stereocenters. The van der Waals surface area contributed by atoms with Gasteiger partial charge in [0.2, 0.25) is 0 Å². The smallest absolute Gasteiger partial charge is 0.178 e. The number of nitriles is 1. The zero-order chi connectivity index (χ0) is 12.7. The predicted octanol–water partition coefficient (Wildman–Crippen LogP) is 2.85. The minimum absolute atomic E-state index is 0.170. The lowest BCUT2D eigenvalue weighted by atomic mass is 10.2. The van der Waals surface area contributed by atoms with E-state index < -0.39 is 9.84 Å². The third kappa shape index (κ3) is 4.20. The Hall–Kier alpha value is -1.34. The first-order valence-corrected chi connectivity index (χ1v) is 7.38. The molecule has 1 aromatic carbocycles. The number of benzene rings is 1. The number of nitrogens with zero attached hydrogens (tertiary/aromatic N) is 1. The van der Waals surface area contributed by atoms with Crippen LogP contribution in [0.15, 0.2) is 29.2 Å². The lowest BCUT2D eigenvalue weighted by Gasteiger charge is -2.06. The van der Waals surface area contributed by atoms with Gasteiger partial charge in [-0.3, -0.25) is 0 Å². The van der Waals surface area contributed by atoms with E-state index in [1.807, 2.05) is 19.1 Å². The normalized spacial score (nSPS) is 11.1. The maximum absolute atomic E-state index is 12.0. The molecule has 0 amide bonds. The first kappa shape index (κ1) is 13.7. The molecule has 0 aliphatic rings. The summed E-state index contributed by atoms with van der Waals surface area (Å²) in [5, 5.41) is 8.37. The van der Waals surface area contributed by atoms with Crippen molar-refractivity contribution in [3.05, 3.63) is 29.8 Å². The van der Waals surface area contributed by atoms with Gasteiger partial charge >= 0.3 is 0 Å². The van der Waals surface area contributed by atoms with E-state index in [9.17, 15) is 8.42 Å². The molecule has 0 saturated carbocycles. The van der Waals surface area contributed by atoms with Crippen molar-refractivity contribution in [3.63, 3.8) is 0 Å². The van der Waals surface area contributed by atoms with Crippen molar-refractivity contribution in [1.29, 1.82) is 5.26 Å². The molecule has 0 fully saturated rings. The first-order chi connectivity index (χ1) is 8.08. The highest BCUT2D eigenvalue weighted by atomic mass is 32.2. The summed E-state index contributed by atoms with van der Waals surface area (Å²) >= 11 is 0. The maximum atomic E-state index is 12.0. The second-order valence-corrected chi connectivity index (χ2v) is 6.13. The lowest BCUT2D eigenvalue weighted by molar-refractivity contribution is 0.589. The third-order valence-electron chi connectivity index (χ3n) is 2.63. The molecule has 0 aliphatic heterocycles. The molecule has 0 N–H and O–H groups in total. The van der Waals surface area contributed by atoms with Crippen molar-refractivity contribution in [2.45, 2.75) is 37.5 Å². The molecule has 0 saturated heterocycles. The van der Waals surface area contributed by atoms with Crippen molar-refractivity contribution in [1.82, 2.24) is 0 Å². The Labute approximate surface area is 103 Å². The standard InChI is InChI=1S/C13H17NO2S/c1-12-8-4-5-9-13(12)17(15,16)11-7-3-2-6-10-14/h4-5,8-9H,2-3,6-7,11H2,1H3. The summed E-state index contributed by atoms with van der Waals surface area (Å²) in [6.07, 6.45) is 2.70. The van der Waals surface area contributed by atoms with Gasteiger partial charge in [0, 0.05) is 6.42 Å². The van der Waals surface area contributed by atoms with Crippen LogP contribution >= 0.6 is 0 Å². The highest BCUT2D eigenvalue weighted by Gasteiger charge is 2.15. The Morgan fingerprint density at radius 3 is 2.53 bits per heavy atom. The maximum Gasteiger partial charge on any atom is 0.178 e. The summed E-state index contributed by atoms with van der Waals surface area (Å²) in [6.45, 7) is 1.81. The van der Waals surface area contributed by atoms with E-state index in [2.05, 4.69) is 6.07 Å². The highest BCUT2D eigenvalue weighted by Crippen LogP contribution is 2.17. The molecule has 4 heteroatoms. The van der Waals surface area contributed by atoms with Crippen LogP contribution in [0.25, 0.3) is 0 Å². The average Bonchev–Trinajstić information content (AvgIpc) is 2.29. The molecular formula is C13H17NO2S. The molecule has 92 valence electrons. The topological polar surface area (TPSA) is 57.9 Å². The van der Waals surface area contributed by atoms with E-state index in [0.29, 0.717) is 17.7 Å². The number of hydrogen-bond donors (Lipinski definition) is 0.